The summed E-state index contributed by atoms with van der Waals surface area (Å²) in [6, 6.07) is 0.900. The summed E-state index contributed by atoms with van der Waals surface area (Å²) >= 11 is 0. The third-order valence-corrected chi connectivity index (χ3v) is 2.95. The SMILES string of the molecule is CC1CC2CCN1CC2.[OH-]. The molecule has 0 aromatic carbocycles. The van der Waals surface area contributed by atoms with E-state index in [9.17, 15) is 0 Å². The zero-order chi connectivity index (χ0) is 6.27. The molecule has 0 radical (unpaired) electrons. The van der Waals surface area contributed by atoms with E-state index in [1.807, 2.05) is 0 Å². The minimum Gasteiger partial charge on any atom is -0.870 e. The molecule has 0 spiro atoms. The van der Waals surface area contributed by atoms with E-state index in [-0.39, 0.29) is 5.48 Å². The van der Waals surface area contributed by atoms with E-state index in [1.54, 1.807) is 0 Å². The fourth-order valence-electron chi connectivity index (χ4n) is 2.26. The second-order valence-corrected chi connectivity index (χ2v) is 3.56. The maximum Gasteiger partial charge on any atom is 0.00695 e. The average molecular weight is 142 g/mol. The summed E-state index contributed by atoms with van der Waals surface area (Å²) in [6.07, 6.45) is 4.43. The molecule has 3 aliphatic rings. The van der Waals surface area contributed by atoms with Crippen LogP contribution in [0.3, 0.4) is 0 Å². The van der Waals surface area contributed by atoms with Crippen LogP contribution in [0.2, 0.25) is 0 Å². The Labute approximate surface area is 62.5 Å². The molecule has 3 saturated heterocycles. The van der Waals surface area contributed by atoms with Gasteiger partial charge in [-0.1, -0.05) is 0 Å². The van der Waals surface area contributed by atoms with E-state index in [4.69, 9.17) is 0 Å². The molecule has 0 aromatic rings. The van der Waals surface area contributed by atoms with Crippen LogP contribution in [0.4, 0.5) is 0 Å². The van der Waals surface area contributed by atoms with Gasteiger partial charge in [0.25, 0.3) is 0 Å². The normalized spacial score (nSPS) is 44.7. The smallest absolute Gasteiger partial charge is 0.00695 e. The van der Waals surface area contributed by atoms with Crippen molar-refractivity contribution in [1.82, 2.24) is 4.90 Å². The van der Waals surface area contributed by atoms with Gasteiger partial charge in [0.2, 0.25) is 0 Å². The first-order valence-electron chi connectivity index (χ1n) is 4.10. The molecular formula is C8H16NO-. The van der Waals surface area contributed by atoms with Gasteiger partial charge in [-0.15, -0.1) is 0 Å². The summed E-state index contributed by atoms with van der Waals surface area (Å²) in [5.74, 6) is 1.09. The van der Waals surface area contributed by atoms with Crippen LogP contribution in [0.1, 0.15) is 26.2 Å². The first kappa shape index (κ1) is 8.02. The molecule has 2 bridgehead atoms. The third-order valence-electron chi connectivity index (χ3n) is 2.95. The van der Waals surface area contributed by atoms with Gasteiger partial charge in [-0.2, -0.15) is 0 Å². The van der Waals surface area contributed by atoms with Gasteiger partial charge in [-0.25, -0.2) is 0 Å². The number of hydrogen-bond donors (Lipinski definition) is 0. The molecule has 10 heavy (non-hydrogen) atoms. The molecule has 0 amide bonds. The fourth-order valence-corrected chi connectivity index (χ4v) is 2.26. The molecule has 1 atom stereocenters. The van der Waals surface area contributed by atoms with Crippen LogP contribution in [0.5, 0.6) is 0 Å². The highest BCUT2D eigenvalue weighted by atomic mass is 16.0. The summed E-state index contributed by atoms with van der Waals surface area (Å²) in [6.45, 7) is 5.13. The number of rotatable bonds is 0. The van der Waals surface area contributed by atoms with Crippen molar-refractivity contribution in [1.29, 1.82) is 0 Å². The Morgan fingerprint density at radius 2 is 1.80 bits per heavy atom. The molecule has 1 N–H and O–H groups in total. The maximum absolute atomic E-state index is 2.62. The Hall–Kier alpha value is -0.0800. The molecule has 60 valence electrons. The van der Waals surface area contributed by atoms with E-state index in [1.165, 1.54) is 32.4 Å². The van der Waals surface area contributed by atoms with Crippen LogP contribution in [-0.4, -0.2) is 29.5 Å². The Balaban J connectivity index is 0.000000500. The van der Waals surface area contributed by atoms with Crippen molar-refractivity contribution < 1.29 is 5.48 Å². The highest BCUT2D eigenvalue weighted by molar-refractivity contribution is 4.84. The lowest BCUT2D eigenvalue weighted by molar-refractivity contribution is 0.0594. The lowest BCUT2D eigenvalue weighted by atomic mass is 9.84. The Bertz CT molecular complexity index is 108. The van der Waals surface area contributed by atoms with Gasteiger partial charge >= 0.3 is 0 Å². The first-order valence-corrected chi connectivity index (χ1v) is 4.10. The number of hydrogen-bond acceptors (Lipinski definition) is 2. The van der Waals surface area contributed by atoms with Crippen molar-refractivity contribution in [3.05, 3.63) is 0 Å². The topological polar surface area (TPSA) is 33.2 Å². The lowest BCUT2D eigenvalue weighted by Gasteiger charge is -2.43. The summed E-state index contributed by atoms with van der Waals surface area (Å²) in [4.78, 5) is 2.62. The van der Waals surface area contributed by atoms with E-state index in [2.05, 4.69) is 11.8 Å². The van der Waals surface area contributed by atoms with Gasteiger partial charge in [0.05, 0.1) is 0 Å². The molecule has 1 unspecified atom stereocenters. The van der Waals surface area contributed by atoms with E-state index in [0.29, 0.717) is 0 Å². The summed E-state index contributed by atoms with van der Waals surface area (Å²) in [7, 11) is 0. The number of piperidine rings is 3. The van der Waals surface area contributed by atoms with Crippen LogP contribution < -0.4 is 0 Å². The molecule has 2 nitrogen and oxygen atoms in total. The van der Waals surface area contributed by atoms with Crippen molar-refractivity contribution in [2.45, 2.75) is 32.2 Å². The summed E-state index contributed by atoms with van der Waals surface area (Å²) in [5, 5.41) is 0. The highest BCUT2D eigenvalue weighted by Gasteiger charge is 2.30. The third kappa shape index (κ3) is 1.18. The highest BCUT2D eigenvalue weighted by Crippen LogP contribution is 2.30. The van der Waals surface area contributed by atoms with Crippen LogP contribution in [0, 0.1) is 5.92 Å². The molecule has 3 fully saturated rings. The van der Waals surface area contributed by atoms with Gasteiger partial charge in [0.15, 0.2) is 0 Å². The zero-order valence-electron chi connectivity index (χ0n) is 6.58. The van der Waals surface area contributed by atoms with E-state index in [0.717, 1.165) is 12.0 Å². The van der Waals surface area contributed by atoms with Gasteiger partial charge in [-0.3, -0.25) is 0 Å². The summed E-state index contributed by atoms with van der Waals surface area (Å²) < 4.78 is 0. The minimum absolute atomic E-state index is 0. The Morgan fingerprint density at radius 1 is 1.20 bits per heavy atom. The predicted octanol–water partition coefficient (Wildman–Crippen LogP) is 1.31. The van der Waals surface area contributed by atoms with Crippen molar-refractivity contribution in [3.8, 4) is 0 Å². The van der Waals surface area contributed by atoms with E-state index >= 15 is 0 Å². The Kier molecular flexibility index (Phi) is 2.32. The predicted molar refractivity (Wildman–Crippen MR) is 40.3 cm³/mol. The van der Waals surface area contributed by atoms with Crippen molar-refractivity contribution in [3.63, 3.8) is 0 Å². The molecule has 3 aliphatic heterocycles. The van der Waals surface area contributed by atoms with Crippen molar-refractivity contribution in [2.75, 3.05) is 13.1 Å². The summed E-state index contributed by atoms with van der Waals surface area (Å²) in [5.41, 5.74) is 0. The molecule has 0 aliphatic carbocycles. The molecule has 3 rings (SSSR count). The van der Waals surface area contributed by atoms with Gasteiger partial charge in [-0.05, 0) is 45.2 Å². The molecule has 3 heterocycles. The quantitative estimate of drug-likeness (QED) is 0.511. The zero-order valence-corrected chi connectivity index (χ0v) is 6.58. The maximum atomic E-state index is 2.62. The standard InChI is InChI=1S/C8H15N.H2O/c1-7-6-8-2-4-9(7)5-3-8;/h7-8H,2-6H2,1H3;1H2/p-1. The average Bonchev–Trinajstić information content (AvgIpc) is 1.90. The minimum atomic E-state index is 0. The monoisotopic (exact) mass is 142 g/mol. The van der Waals surface area contributed by atoms with Crippen molar-refractivity contribution in [2.24, 2.45) is 5.92 Å². The molecule has 0 saturated carbocycles. The van der Waals surface area contributed by atoms with Gasteiger partial charge in [0.1, 0.15) is 0 Å². The molecular weight excluding hydrogens is 126 g/mol. The van der Waals surface area contributed by atoms with Crippen molar-refractivity contribution >= 4 is 0 Å². The second kappa shape index (κ2) is 2.89. The fraction of sp³-hybridized carbons (Fsp3) is 1.00. The van der Waals surface area contributed by atoms with Crippen LogP contribution >= 0.6 is 0 Å². The second-order valence-electron chi connectivity index (χ2n) is 3.56. The molecule has 2 heteroatoms. The van der Waals surface area contributed by atoms with Crippen LogP contribution in [0.25, 0.3) is 0 Å². The van der Waals surface area contributed by atoms with Gasteiger partial charge < -0.3 is 10.4 Å². The number of fused-ring (bicyclic) bond motifs is 3. The largest absolute Gasteiger partial charge is 0.870 e. The first-order chi connectivity index (χ1) is 4.36. The van der Waals surface area contributed by atoms with E-state index < -0.39 is 0 Å². The lowest BCUT2D eigenvalue weighted by Crippen LogP contribution is -2.46. The Morgan fingerprint density at radius 3 is 2.00 bits per heavy atom. The van der Waals surface area contributed by atoms with Gasteiger partial charge in [0, 0.05) is 6.04 Å². The molecule has 0 aromatic heterocycles. The van der Waals surface area contributed by atoms with Crippen LogP contribution in [0.15, 0.2) is 0 Å². The van der Waals surface area contributed by atoms with Crippen LogP contribution in [-0.2, 0) is 0 Å². The number of nitrogens with zero attached hydrogens (tertiary/aromatic N) is 1.